The molecule has 2 unspecified atom stereocenters. The lowest BCUT2D eigenvalue weighted by Gasteiger charge is -2.20. The van der Waals surface area contributed by atoms with Crippen LogP contribution >= 0.6 is 12.4 Å². The molecule has 78 valence electrons. The minimum atomic E-state index is -0.305. The van der Waals surface area contributed by atoms with Crippen molar-refractivity contribution in [2.45, 2.75) is 32.7 Å². The first-order chi connectivity index (χ1) is 5.65. The lowest BCUT2D eigenvalue weighted by Crippen LogP contribution is -2.39. The fraction of sp³-hybridized carbons (Fsp3) is 0.889. The molecule has 1 aliphatic carbocycles. The van der Waals surface area contributed by atoms with E-state index in [1.165, 1.54) is 20.0 Å². The predicted molar refractivity (Wildman–Crippen MR) is 54.1 cm³/mol. The Kier molecular flexibility index (Phi) is 5.14. The summed E-state index contributed by atoms with van der Waals surface area (Å²) in [4.78, 5) is 10.9. The molecule has 0 spiro atoms. The average Bonchev–Trinajstić information content (AvgIpc) is 2.35. The summed E-state index contributed by atoms with van der Waals surface area (Å²) < 4.78 is 4.56. The molecule has 1 saturated carbocycles. The van der Waals surface area contributed by atoms with Gasteiger partial charge in [-0.1, -0.05) is 13.8 Å². The number of nitrogens with one attached hydrogen (secondary N) is 1. The maximum atomic E-state index is 10.9. The number of hydrogen-bond donors (Lipinski definition) is 1. The van der Waals surface area contributed by atoms with Gasteiger partial charge in [-0.3, -0.25) is 0 Å². The van der Waals surface area contributed by atoms with Gasteiger partial charge in [-0.25, -0.2) is 4.79 Å². The molecule has 1 rings (SSSR count). The SMILES string of the molecule is COC(=O)NC1C(C)CCC1C.Cl. The van der Waals surface area contributed by atoms with Gasteiger partial charge >= 0.3 is 6.09 Å². The molecule has 0 saturated heterocycles. The molecule has 0 heterocycles. The van der Waals surface area contributed by atoms with E-state index in [0.29, 0.717) is 17.9 Å². The highest BCUT2D eigenvalue weighted by molar-refractivity contribution is 5.85. The van der Waals surface area contributed by atoms with Gasteiger partial charge in [-0.05, 0) is 24.7 Å². The second kappa shape index (κ2) is 5.32. The van der Waals surface area contributed by atoms with Crippen molar-refractivity contribution in [1.82, 2.24) is 5.32 Å². The number of rotatable bonds is 1. The molecule has 0 aromatic carbocycles. The van der Waals surface area contributed by atoms with Crippen molar-refractivity contribution in [2.24, 2.45) is 11.8 Å². The lowest BCUT2D eigenvalue weighted by molar-refractivity contribution is 0.161. The summed E-state index contributed by atoms with van der Waals surface area (Å²) in [6.45, 7) is 4.34. The van der Waals surface area contributed by atoms with Crippen molar-refractivity contribution in [2.75, 3.05) is 7.11 Å². The highest BCUT2D eigenvalue weighted by atomic mass is 35.5. The second-order valence-electron chi connectivity index (χ2n) is 3.69. The molecule has 13 heavy (non-hydrogen) atoms. The summed E-state index contributed by atoms with van der Waals surface area (Å²) in [5.74, 6) is 1.16. The predicted octanol–water partition coefficient (Wildman–Crippen LogP) is 2.20. The van der Waals surface area contributed by atoms with Gasteiger partial charge in [-0.2, -0.15) is 0 Å². The van der Waals surface area contributed by atoms with Crippen molar-refractivity contribution in [3.63, 3.8) is 0 Å². The largest absolute Gasteiger partial charge is 0.453 e. The van der Waals surface area contributed by atoms with Gasteiger partial charge in [-0.15, -0.1) is 12.4 Å². The Labute approximate surface area is 85.6 Å². The minimum Gasteiger partial charge on any atom is -0.453 e. The molecular formula is C9H18ClNO2. The van der Waals surface area contributed by atoms with E-state index in [1.54, 1.807) is 0 Å². The molecule has 1 fully saturated rings. The quantitative estimate of drug-likeness (QED) is 0.716. The lowest BCUT2D eigenvalue weighted by atomic mass is 10.0. The Bertz CT molecular complexity index is 165. The standard InChI is InChI=1S/C9H17NO2.ClH/c1-6-4-5-7(2)8(6)10-9(11)12-3;/h6-8H,4-5H2,1-3H3,(H,10,11);1H. The minimum absolute atomic E-state index is 0. The molecule has 2 atom stereocenters. The van der Waals surface area contributed by atoms with Crippen LogP contribution in [0.3, 0.4) is 0 Å². The Morgan fingerprint density at radius 1 is 1.31 bits per heavy atom. The van der Waals surface area contributed by atoms with Gasteiger partial charge < -0.3 is 10.1 Å². The van der Waals surface area contributed by atoms with Gasteiger partial charge in [0.05, 0.1) is 7.11 Å². The van der Waals surface area contributed by atoms with Crippen LogP contribution in [0.15, 0.2) is 0 Å². The summed E-state index contributed by atoms with van der Waals surface area (Å²) in [6.07, 6.45) is 2.10. The van der Waals surface area contributed by atoms with Crippen LogP contribution in [0.2, 0.25) is 0 Å². The maximum Gasteiger partial charge on any atom is 0.407 e. The third-order valence-corrected chi connectivity index (χ3v) is 2.77. The third-order valence-electron chi connectivity index (χ3n) is 2.77. The summed E-state index contributed by atoms with van der Waals surface area (Å²) in [6, 6.07) is 0.303. The van der Waals surface area contributed by atoms with Gasteiger partial charge in [0.25, 0.3) is 0 Å². The fourth-order valence-electron chi connectivity index (χ4n) is 1.93. The summed E-state index contributed by atoms with van der Waals surface area (Å²) in [7, 11) is 1.40. The molecule has 0 aromatic heterocycles. The van der Waals surface area contributed by atoms with E-state index in [9.17, 15) is 4.79 Å². The summed E-state index contributed by atoms with van der Waals surface area (Å²) in [5.41, 5.74) is 0. The zero-order valence-electron chi connectivity index (χ0n) is 8.37. The van der Waals surface area contributed by atoms with Gasteiger partial charge in [0.1, 0.15) is 0 Å². The highest BCUT2D eigenvalue weighted by Crippen LogP contribution is 2.30. The Hall–Kier alpha value is -0.440. The molecule has 1 amide bonds. The average molecular weight is 208 g/mol. The van der Waals surface area contributed by atoms with Crippen LogP contribution < -0.4 is 5.32 Å². The van der Waals surface area contributed by atoms with Crippen molar-refractivity contribution in [3.8, 4) is 0 Å². The first kappa shape index (κ1) is 12.6. The van der Waals surface area contributed by atoms with Crippen LogP contribution in [0, 0.1) is 11.8 Å². The summed E-state index contributed by atoms with van der Waals surface area (Å²) in [5, 5.41) is 2.87. The molecular weight excluding hydrogens is 190 g/mol. The van der Waals surface area contributed by atoms with Crippen LogP contribution in [0.25, 0.3) is 0 Å². The normalized spacial score (nSPS) is 32.1. The van der Waals surface area contributed by atoms with Crippen molar-refractivity contribution < 1.29 is 9.53 Å². The van der Waals surface area contributed by atoms with E-state index in [2.05, 4.69) is 23.9 Å². The van der Waals surface area contributed by atoms with Crippen LogP contribution in [-0.2, 0) is 4.74 Å². The van der Waals surface area contributed by atoms with E-state index >= 15 is 0 Å². The maximum absolute atomic E-state index is 10.9. The van der Waals surface area contributed by atoms with E-state index in [-0.39, 0.29) is 18.5 Å². The molecule has 1 N–H and O–H groups in total. The Morgan fingerprint density at radius 2 is 1.77 bits per heavy atom. The molecule has 0 bridgehead atoms. The topological polar surface area (TPSA) is 38.3 Å². The van der Waals surface area contributed by atoms with E-state index in [0.717, 1.165) is 0 Å². The van der Waals surface area contributed by atoms with E-state index in [4.69, 9.17) is 0 Å². The van der Waals surface area contributed by atoms with Crippen LogP contribution in [0.4, 0.5) is 4.79 Å². The molecule has 3 nitrogen and oxygen atoms in total. The number of ether oxygens (including phenoxy) is 1. The second-order valence-corrected chi connectivity index (χ2v) is 3.69. The first-order valence-electron chi connectivity index (χ1n) is 4.49. The Morgan fingerprint density at radius 3 is 2.15 bits per heavy atom. The van der Waals surface area contributed by atoms with Crippen molar-refractivity contribution in [1.29, 1.82) is 0 Å². The number of methoxy groups -OCH3 is 1. The van der Waals surface area contributed by atoms with E-state index < -0.39 is 0 Å². The number of halogens is 1. The first-order valence-corrected chi connectivity index (χ1v) is 4.49. The number of amides is 1. The highest BCUT2D eigenvalue weighted by Gasteiger charge is 2.31. The molecule has 0 aromatic rings. The molecule has 1 aliphatic rings. The van der Waals surface area contributed by atoms with E-state index in [1.807, 2.05) is 0 Å². The zero-order valence-corrected chi connectivity index (χ0v) is 9.19. The van der Waals surface area contributed by atoms with Crippen molar-refractivity contribution in [3.05, 3.63) is 0 Å². The van der Waals surface area contributed by atoms with Gasteiger partial charge in [0.2, 0.25) is 0 Å². The Balaban J connectivity index is 0.00000144. The number of alkyl carbamates (subject to hydrolysis) is 1. The molecule has 0 aliphatic heterocycles. The van der Waals surface area contributed by atoms with Crippen molar-refractivity contribution >= 4 is 18.5 Å². The number of hydrogen-bond acceptors (Lipinski definition) is 2. The molecule has 0 radical (unpaired) electrons. The van der Waals surface area contributed by atoms with Crippen LogP contribution in [0.1, 0.15) is 26.7 Å². The smallest absolute Gasteiger partial charge is 0.407 e. The summed E-state index contributed by atoms with van der Waals surface area (Å²) >= 11 is 0. The van der Waals surface area contributed by atoms with Gasteiger partial charge in [0, 0.05) is 6.04 Å². The van der Waals surface area contributed by atoms with Gasteiger partial charge in [0.15, 0.2) is 0 Å². The number of carbonyl (C=O) groups excluding carboxylic acids is 1. The van der Waals surface area contributed by atoms with Crippen LogP contribution in [0.5, 0.6) is 0 Å². The number of carbonyl (C=O) groups is 1. The fourth-order valence-corrected chi connectivity index (χ4v) is 1.93. The monoisotopic (exact) mass is 207 g/mol. The van der Waals surface area contributed by atoms with Crippen LogP contribution in [-0.4, -0.2) is 19.2 Å². The molecule has 4 heteroatoms. The third kappa shape index (κ3) is 3.07. The zero-order chi connectivity index (χ0) is 9.14.